The zero-order valence-corrected chi connectivity index (χ0v) is 12.2. The lowest BCUT2D eigenvalue weighted by Crippen LogP contribution is -2.41. The van der Waals surface area contributed by atoms with Gasteiger partial charge in [-0.2, -0.15) is 0 Å². The number of nitrogens with one attached hydrogen (secondary N) is 1. The summed E-state index contributed by atoms with van der Waals surface area (Å²) in [6.45, 7) is 1.46. The number of pyridine rings is 1. The minimum absolute atomic E-state index is 0.0997. The van der Waals surface area contributed by atoms with Gasteiger partial charge in [-0.1, -0.05) is 0 Å². The van der Waals surface area contributed by atoms with Gasteiger partial charge in [0.2, 0.25) is 6.41 Å². The Balaban J connectivity index is 1.85. The van der Waals surface area contributed by atoms with Crippen LogP contribution >= 0.6 is 0 Å². The standard InChI is InChI=1S/C14H21N5O3/c15-9-3-4-13(18-6-10(21)11(22)7-18)17-14(9)19-5-1-2-12(19)16-8-20/h3-4,8,10-12,21-22H,1-2,5-7,15H2,(H,16,20). The van der Waals surface area contributed by atoms with E-state index in [-0.39, 0.29) is 6.17 Å². The Morgan fingerprint density at radius 2 is 2.05 bits per heavy atom. The molecule has 2 fully saturated rings. The van der Waals surface area contributed by atoms with Crippen molar-refractivity contribution < 1.29 is 15.0 Å². The second-order valence-corrected chi connectivity index (χ2v) is 5.76. The first kappa shape index (κ1) is 14.9. The van der Waals surface area contributed by atoms with Crippen LogP contribution in [0.25, 0.3) is 0 Å². The molecule has 1 aromatic rings. The number of nitrogens with zero attached hydrogens (tertiary/aromatic N) is 3. The van der Waals surface area contributed by atoms with E-state index in [9.17, 15) is 15.0 Å². The van der Waals surface area contributed by atoms with Crippen LogP contribution in [0.5, 0.6) is 0 Å². The van der Waals surface area contributed by atoms with E-state index in [4.69, 9.17) is 5.73 Å². The van der Waals surface area contributed by atoms with Gasteiger partial charge >= 0.3 is 0 Å². The highest BCUT2D eigenvalue weighted by Gasteiger charge is 2.32. The summed E-state index contributed by atoms with van der Waals surface area (Å²) in [5.74, 6) is 1.29. The van der Waals surface area contributed by atoms with Crippen molar-refractivity contribution in [3.8, 4) is 0 Å². The molecule has 5 N–H and O–H groups in total. The number of aliphatic hydroxyl groups excluding tert-OH is 2. The molecular weight excluding hydrogens is 286 g/mol. The summed E-state index contributed by atoms with van der Waals surface area (Å²) >= 11 is 0. The van der Waals surface area contributed by atoms with Gasteiger partial charge in [-0.25, -0.2) is 4.98 Å². The van der Waals surface area contributed by atoms with Crippen molar-refractivity contribution in [3.05, 3.63) is 12.1 Å². The second-order valence-electron chi connectivity index (χ2n) is 5.76. The topological polar surface area (TPSA) is 115 Å². The summed E-state index contributed by atoms with van der Waals surface area (Å²) in [6, 6.07) is 3.55. The number of nitrogens with two attached hydrogens (primary N) is 1. The van der Waals surface area contributed by atoms with E-state index >= 15 is 0 Å². The minimum atomic E-state index is -0.765. The van der Waals surface area contributed by atoms with Gasteiger partial charge in [0, 0.05) is 19.6 Å². The number of hydrogen-bond acceptors (Lipinski definition) is 7. The van der Waals surface area contributed by atoms with E-state index < -0.39 is 12.2 Å². The van der Waals surface area contributed by atoms with Gasteiger partial charge in [0.1, 0.15) is 12.0 Å². The normalized spacial score (nSPS) is 28.2. The van der Waals surface area contributed by atoms with Crippen molar-refractivity contribution in [2.24, 2.45) is 0 Å². The Morgan fingerprint density at radius 1 is 1.32 bits per heavy atom. The van der Waals surface area contributed by atoms with E-state index in [1.54, 1.807) is 12.1 Å². The number of nitrogen functional groups attached to an aromatic ring is 1. The molecule has 1 aromatic heterocycles. The summed E-state index contributed by atoms with van der Waals surface area (Å²) < 4.78 is 0. The number of carbonyl (C=O) groups is 1. The van der Waals surface area contributed by atoms with Gasteiger partial charge in [-0.05, 0) is 25.0 Å². The van der Waals surface area contributed by atoms with Crippen LogP contribution in [0, 0.1) is 0 Å². The van der Waals surface area contributed by atoms with Gasteiger partial charge in [-0.3, -0.25) is 4.79 Å². The van der Waals surface area contributed by atoms with E-state index in [0.717, 1.165) is 19.4 Å². The van der Waals surface area contributed by atoms with Gasteiger partial charge < -0.3 is 31.1 Å². The predicted molar refractivity (Wildman–Crippen MR) is 82.4 cm³/mol. The number of aromatic nitrogens is 1. The summed E-state index contributed by atoms with van der Waals surface area (Å²) in [5, 5.41) is 22.1. The molecule has 0 spiro atoms. The molecule has 0 aromatic carbocycles. The number of amides is 1. The highest BCUT2D eigenvalue weighted by Crippen LogP contribution is 2.30. The molecule has 2 aliphatic heterocycles. The summed E-state index contributed by atoms with van der Waals surface area (Å²) in [5.41, 5.74) is 6.59. The molecule has 3 atom stereocenters. The fourth-order valence-corrected chi connectivity index (χ4v) is 3.08. The predicted octanol–water partition coefficient (Wildman–Crippen LogP) is -1.12. The Morgan fingerprint density at radius 3 is 2.73 bits per heavy atom. The maximum atomic E-state index is 10.7. The molecular formula is C14H21N5O3. The van der Waals surface area contributed by atoms with Crippen LogP contribution in [0.15, 0.2) is 12.1 Å². The summed E-state index contributed by atoms with van der Waals surface area (Å²) in [7, 11) is 0. The number of rotatable bonds is 4. The molecule has 1 amide bonds. The molecule has 3 unspecified atom stereocenters. The van der Waals surface area contributed by atoms with E-state index in [1.807, 2.05) is 9.80 Å². The van der Waals surface area contributed by atoms with Crippen molar-refractivity contribution in [1.82, 2.24) is 10.3 Å². The van der Waals surface area contributed by atoms with Crippen LogP contribution in [0.1, 0.15) is 12.8 Å². The fraction of sp³-hybridized carbons (Fsp3) is 0.571. The average molecular weight is 307 g/mol. The average Bonchev–Trinajstić information content (AvgIpc) is 3.08. The van der Waals surface area contributed by atoms with Crippen LogP contribution in [0.4, 0.5) is 17.3 Å². The second kappa shape index (κ2) is 5.98. The molecule has 22 heavy (non-hydrogen) atoms. The smallest absolute Gasteiger partial charge is 0.208 e. The van der Waals surface area contributed by atoms with Crippen LogP contribution in [0.2, 0.25) is 0 Å². The summed E-state index contributed by atoms with van der Waals surface area (Å²) in [6.07, 6.45) is 0.870. The molecule has 8 nitrogen and oxygen atoms in total. The Hall–Kier alpha value is -2.06. The monoisotopic (exact) mass is 307 g/mol. The molecule has 2 aliphatic rings. The van der Waals surface area contributed by atoms with Crippen LogP contribution < -0.4 is 20.9 Å². The number of carbonyl (C=O) groups excluding carboxylic acids is 1. The molecule has 2 saturated heterocycles. The number of hydrogen-bond donors (Lipinski definition) is 4. The fourth-order valence-electron chi connectivity index (χ4n) is 3.08. The maximum absolute atomic E-state index is 10.7. The highest BCUT2D eigenvalue weighted by atomic mass is 16.3. The van der Waals surface area contributed by atoms with Crippen LogP contribution in [-0.2, 0) is 4.79 Å². The van der Waals surface area contributed by atoms with Gasteiger partial charge in [-0.15, -0.1) is 0 Å². The van der Waals surface area contributed by atoms with Gasteiger partial charge in [0.15, 0.2) is 5.82 Å². The van der Waals surface area contributed by atoms with Crippen molar-refractivity contribution in [2.75, 3.05) is 35.2 Å². The third-order valence-electron chi connectivity index (χ3n) is 4.26. The zero-order chi connectivity index (χ0) is 15.7. The van der Waals surface area contributed by atoms with Crippen molar-refractivity contribution in [2.45, 2.75) is 31.2 Å². The van der Waals surface area contributed by atoms with E-state index in [0.29, 0.717) is 36.8 Å². The Bertz CT molecular complexity index is 545. The lowest BCUT2D eigenvalue weighted by Gasteiger charge is -2.27. The minimum Gasteiger partial charge on any atom is -0.396 e. The first-order chi connectivity index (χ1) is 10.6. The molecule has 3 rings (SSSR count). The van der Waals surface area contributed by atoms with Crippen molar-refractivity contribution >= 4 is 23.7 Å². The molecule has 0 saturated carbocycles. The molecule has 0 radical (unpaired) electrons. The SMILES string of the molecule is Nc1ccc(N2CC(O)C(O)C2)nc1N1CCCC1NC=O. The lowest BCUT2D eigenvalue weighted by atomic mass is 10.3. The Labute approximate surface area is 128 Å². The number of β-amino-alcohol motifs (C(OH)–C–C–N with tert-alkyl or cyclic N) is 2. The summed E-state index contributed by atoms with van der Waals surface area (Å²) in [4.78, 5) is 19.1. The van der Waals surface area contributed by atoms with Gasteiger partial charge in [0.05, 0.1) is 17.9 Å². The quantitative estimate of drug-likeness (QED) is 0.521. The first-order valence-electron chi connectivity index (χ1n) is 7.44. The maximum Gasteiger partial charge on any atom is 0.208 e. The zero-order valence-electron chi connectivity index (χ0n) is 12.2. The van der Waals surface area contributed by atoms with E-state index in [1.165, 1.54) is 0 Å². The number of anilines is 3. The Kier molecular flexibility index (Phi) is 4.04. The molecule has 8 heteroatoms. The lowest BCUT2D eigenvalue weighted by molar-refractivity contribution is -0.110. The van der Waals surface area contributed by atoms with E-state index in [2.05, 4.69) is 10.3 Å². The largest absolute Gasteiger partial charge is 0.396 e. The van der Waals surface area contributed by atoms with Crippen LogP contribution in [-0.4, -0.2) is 59.6 Å². The van der Waals surface area contributed by atoms with Crippen molar-refractivity contribution in [1.29, 1.82) is 0 Å². The molecule has 0 bridgehead atoms. The third-order valence-corrected chi connectivity index (χ3v) is 4.26. The third kappa shape index (κ3) is 2.67. The first-order valence-corrected chi connectivity index (χ1v) is 7.44. The molecule has 3 heterocycles. The van der Waals surface area contributed by atoms with Crippen LogP contribution in [0.3, 0.4) is 0 Å². The van der Waals surface area contributed by atoms with Gasteiger partial charge in [0.25, 0.3) is 0 Å². The molecule has 120 valence electrons. The number of aliphatic hydroxyl groups is 2. The highest BCUT2D eigenvalue weighted by molar-refractivity contribution is 5.67. The van der Waals surface area contributed by atoms with Crippen molar-refractivity contribution in [3.63, 3.8) is 0 Å². The molecule has 0 aliphatic carbocycles.